The van der Waals surface area contributed by atoms with Crippen LogP contribution in [0.25, 0.3) is 0 Å². The summed E-state index contributed by atoms with van der Waals surface area (Å²) >= 11 is 0. The Balaban J connectivity index is 4.37. The van der Waals surface area contributed by atoms with Gasteiger partial charge in [0.25, 0.3) is 0 Å². The fourth-order valence-corrected chi connectivity index (χ4v) is 7.61. The summed E-state index contributed by atoms with van der Waals surface area (Å²) in [7, 11) is 0. The number of rotatable bonds is 48. The van der Waals surface area contributed by atoms with E-state index < -0.39 is 6.10 Å². The van der Waals surface area contributed by atoms with Gasteiger partial charge < -0.3 is 14.2 Å². The van der Waals surface area contributed by atoms with Gasteiger partial charge in [0.1, 0.15) is 13.2 Å². The first-order valence-electron chi connectivity index (χ1n) is 26.6. The lowest BCUT2D eigenvalue weighted by Gasteiger charge is -2.18. The molecule has 0 radical (unpaired) electrons. The molecular formula is C56H100O6. The highest BCUT2D eigenvalue weighted by Crippen LogP contribution is 2.16. The number of ether oxygens (including phenoxy) is 3. The Morgan fingerprint density at radius 1 is 0.339 bits per heavy atom. The SMILES string of the molecule is CC/C=C\C/C=C\C/C=C\C/C=C\CCCCC(=O)OC[C@H](COC(=O)CCCCCCCCCCCCCCCCCCC)OC(=O)CCCCCCCCCCCCCC. The van der Waals surface area contributed by atoms with Crippen molar-refractivity contribution in [1.29, 1.82) is 0 Å². The van der Waals surface area contributed by atoms with Gasteiger partial charge in [-0.25, -0.2) is 0 Å². The van der Waals surface area contributed by atoms with Gasteiger partial charge in [-0.1, -0.05) is 243 Å². The fourth-order valence-electron chi connectivity index (χ4n) is 7.61. The van der Waals surface area contributed by atoms with E-state index in [9.17, 15) is 14.4 Å². The first kappa shape index (κ1) is 59.4. The van der Waals surface area contributed by atoms with Crippen molar-refractivity contribution in [2.45, 2.75) is 277 Å². The Morgan fingerprint density at radius 3 is 0.984 bits per heavy atom. The minimum atomic E-state index is -0.785. The smallest absolute Gasteiger partial charge is 0.306 e. The van der Waals surface area contributed by atoms with Gasteiger partial charge in [-0.15, -0.1) is 0 Å². The Labute approximate surface area is 384 Å². The minimum Gasteiger partial charge on any atom is -0.462 e. The molecule has 0 fully saturated rings. The lowest BCUT2D eigenvalue weighted by atomic mass is 10.0. The van der Waals surface area contributed by atoms with Crippen LogP contribution in [0.2, 0.25) is 0 Å². The number of hydrogen-bond acceptors (Lipinski definition) is 6. The predicted molar refractivity (Wildman–Crippen MR) is 265 cm³/mol. The van der Waals surface area contributed by atoms with Gasteiger partial charge in [0.15, 0.2) is 6.10 Å². The summed E-state index contributed by atoms with van der Waals surface area (Å²) in [6.45, 7) is 6.51. The molecule has 0 aromatic carbocycles. The maximum Gasteiger partial charge on any atom is 0.306 e. The molecule has 0 spiro atoms. The van der Waals surface area contributed by atoms with Crippen LogP contribution >= 0.6 is 0 Å². The number of esters is 3. The van der Waals surface area contributed by atoms with Crippen molar-refractivity contribution in [3.8, 4) is 0 Å². The van der Waals surface area contributed by atoms with Crippen molar-refractivity contribution < 1.29 is 28.6 Å². The molecule has 0 unspecified atom stereocenters. The van der Waals surface area contributed by atoms with E-state index in [2.05, 4.69) is 69.4 Å². The lowest BCUT2D eigenvalue weighted by Crippen LogP contribution is -2.30. The molecule has 0 rings (SSSR count). The van der Waals surface area contributed by atoms with Crippen LogP contribution in [0.4, 0.5) is 0 Å². The van der Waals surface area contributed by atoms with Crippen molar-refractivity contribution >= 4 is 17.9 Å². The lowest BCUT2D eigenvalue weighted by molar-refractivity contribution is -0.167. The van der Waals surface area contributed by atoms with Gasteiger partial charge in [-0.2, -0.15) is 0 Å². The van der Waals surface area contributed by atoms with E-state index >= 15 is 0 Å². The fraction of sp³-hybridized carbons (Fsp3) is 0.804. The zero-order chi connectivity index (χ0) is 45.1. The highest BCUT2D eigenvalue weighted by atomic mass is 16.6. The summed E-state index contributed by atoms with van der Waals surface area (Å²) in [5.74, 6) is -0.914. The Hall–Kier alpha value is -2.63. The van der Waals surface area contributed by atoms with E-state index in [1.54, 1.807) is 0 Å². The van der Waals surface area contributed by atoms with Crippen molar-refractivity contribution in [1.82, 2.24) is 0 Å². The number of carbonyl (C=O) groups excluding carboxylic acids is 3. The van der Waals surface area contributed by atoms with E-state index in [0.717, 1.165) is 83.5 Å². The minimum absolute atomic E-state index is 0.0823. The average Bonchev–Trinajstić information content (AvgIpc) is 3.27. The highest BCUT2D eigenvalue weighted by Gasteiger charge is 2.19. The number of carbonyl (C=O) groups is 3. The molecule has 62 heavy (non-hydrogen) atoms. The van der Waals surface area contributed by atoms with E-state index in [0.29, 0.717) is 19.3 Å². The molecule has 0 aromatic rings. The molecule has 0 amide bonds. The molecule has 0 heterocycles. The van der Waals surface area contributed by atoms with Gasteiger partial charge in [0.05, 0.1) is 0 Å². The molecule has 0 bridgehead atoms. The summed E-state index contributed by atoms with van der Waals surface area (Å²) in [5.41, 5.74) is 0. The quantitative estimate of drug-likeness (QED) is 0.0262. The van der Waals surface area contributed by atoms with Crippen LogP contribution in [0, 0.1) is 0 Å². The molecule has 0 saturated heterocycles. The molecule has 0 aromatic heterocycles. The number of unbranched alkanes of at least 4 members (excludes halogenated alkanes) is 29. The first-order chi connectivity index (χ1) is 30.5. The zero-order valence-corrected chi connectivity index (χ0v) is 41.1. The Morgan fingerprint density at radius 2 is 0.629 bits per heavy atom. The van der Waals surface area contributed by atoms with E-state index in [-0.39, 0.29) is 31.1 Å². The summed E-state index contributed by atoms with van der Waals surface area (Å²) < 4.78 is 16.8. The second-order valence-electron chi connectivity index (χ2n) is 17.8. The molecule has 360 valence electrons. The summed E-state index contributed by atoms with van der Waals surface area (Å²) in [5, 5.41) is 0. The zero-order valence-electron chi connectivity index (χ0n) is 41.1. The van der Waals surface area contributed by atoms with Gasteiger partial charge in [0, 0.05) is 19.3 Å². The molecular weight excluding hydrogens is 769 g/mol. The monoisotopic (exact) mass is 869 g/mol. The topological polar surface area (TPSA) is 78.9 Å². The molecule has 0 N–H and O–H groups in total. The van der Waals surface area contributed by atoms with Crippen LogP contribution in [-0.2, 0) is 28.6 Å². The average molecular weight is 869 g/mol. The van der Waals surface area contributed by atoms with E-state index in [1.165, 1.54) is 148 Å². The molecule has 0 aliphatic rings. The van der Waals surface area contributed by atoms with Crippen LogP contribution < -0.4 is 0 Å². The largest absolute Gasteiger partial charge is 0.462 e. The molecule has 0 aliphatic heterocycles. The summed E-state index contributed by atoms with van der Waals surface area (Å²) in [6, 6.07) is 0. The molecule has 0 saturated carbocycles. The third-order valence-corrected chi connectivity index (χ3v) is 11.6. The molecule has 0 aliphatic carbocycles. The Bertz CT molecular complexity index is 1090. The summed E-state index contributed by atoms with van der Waals surface area (Å²) in [4.78, 5) is 38.0. The molecule has 6 nitrogen and oxygen atoms in total. The van der Waals surface area contributed by atoms with Gasteiger partial charge in [-0.05, 0) is 57.8 Å². The second-order valence-corrected chi connectivity index (χ2v) is 17.8. The van der Waals surface area contributed by atoms with Crippen molar-refractivity contribution in [3.63, 3.8) is 0 Å². The summed E-state index contributed by atoms with van der Waals surface area (Å²) in [6.07, 6.45) is 61.0. The van der Waals surface area contributed by atoms with Crippen LogP contribution in [-0.4, -0.2) is 37.2 Å². The second kappa shape index (κ2) is 51.0. The standard InChI is InChI=1S/C56H100O6/c1-4-7-10-13-16-19-22-25-27-28-30-32-35-37-40-43-46-49-55(58)61-52-53(62-56(59)50-47-44-41-38-33-24-21-18-15-12-9-6-3)51-60-54(57)48-45-42-39-36-34-31-29-26-23-20-17-14-11-8-5-2/h8,11,17,20,26,29,34,36,53H,4-7,9-10,12-16,18-19,21-25,27-28,30-33,35,37-52H2,1-3H3/b11-8-,20-17-,29-26-,36-34-/t53-/m1/s1. The normalized spacial score (nSPS) is 12.4. The van der Waals surface area contributed by atoms with Gasteiger partial charge in [-0.3, -0.25) is 14.4 Å². The first-order valence-corrected chi connectivity index (χ1v) is 26.6. The molecule has 1 atom stereocenters. The van der Waals surface area contributed by atoms with Gasteiger partial charge in [0.2, 0.25) is 0 Å². The maximum atomic E-state index is 12.8. The Kier molecular flexibility index (Phi) is 48.8. The van der Waals surface area contributed by atoms with E-state index in [1.807, 2.05) is 0 Å². The van der Waals surface area contributed by atoms with Gasteiger partial charge >= 0.3 is 17.9 Å². The van der Waals surface area contributed by atoms with Crippen molar-refractivity contribution in [3.05, 3.63) is 48.6 Å². The van der Waals surface area contributed by atoms with Crippen molar-refractivity contribution in [2.24, 2.45) is 0 Å². The number of hydrogen-bond donors (Lipinski definition) is 0. The third-order valence-electron chi connectivity index (χ3n) is 11.6. The molecule has 6 heteroatoms. The predicted octanol–water partition coefficient (Wildman–Crippen LogP) is 17.5. The highest BCUT2D eigenvalue weighted by molar-refractivity contribution is 5.71. The maximum absolute atomic E-state index is 12.8. The third kappa shape index (κ3) is 48.4. The van der Waals surface area contributed by atoms with Crippen LogP contribution in [0.1, 0.15) is 271 Å². The van der Waals surface area contributed by atoms with Crippen LogP contribution in [0.5, 0.6) is 0 Å². The van der Waals surface area contributed by atoms with Crippen LogP contribution in [0.3, 0.4) is 0 Å². The van der Waals surface area contributed by atoms with Crippen molar-refractivity contribution in [2.75, 3.05) is 13.2 Å². The van der Waals surface area contributed by atoms with Crippen LogP contribution in [0.15, 0.2) is 48.6 Å². The van der Waals surface area contributed by atoms with E-state index in [4.69, 9.17) is 14.2 Å². The number of allylic oxidation sites excluding steroid dienone is 8.